The number of rotatable bonds is 3. The Kier molecular flexibility index (Phi) is 4.11. The van der Waals surface area contributed by atoms with Crippen LogP contribution >= 0.6 is 0 Å². The first kappa shape index (κ1) is 12.8. The lowest BCUT2D eigenvalue weighted by molar-refractivity contribution is -0.0933. The third-order valence-electron chi connectivity index (χ3n) is 2.74. The molecule has 0 radical (unpaired) electrons. The van der Waals surface area contributed by atoms with Crippen LogP contribution in [-0.2, 0) is 9.47 Å². The van der Waals surface area contributed by atoms with Crippen LogP contribution in [0.3, 0.4) is 0 Å². The zero-order valence-electron chi connectivity index (χ0n) is 10.2. The largest absolute Gasteiger partial charge is 0.505 e. The van der Waals surface area contributed by atoms with Gasteiger partial charge in [0.2, 0.25) is 0 Å². The van der Waals surface area contributed by atoms with Crippen LogP contribution in [0.1, 0.15) is 10.4 Å². The third-order valence-corrected chi connectivity index (χ3v) is 2.74. The molecule has 98 valence electrons. The van der Waals surface area contributed by atoms with E-state index in [0.29, 0.717) is 26.4 Å². The lowest BCUT2D eigenvalue weighted by Crippen LogP contribution is -2.40. The van der Waals surface area contributed by atoms with Crippen molar-refractivity contribution >= 4 is 5.91 Å². The van der Waals surface area contributed by atoms with Crippen LogP contribution < -0.4 is 0 Å². The summed E-state index contributed by atoms with van der Waals surface area (Å²) < 4.78 is 10.7. The quantitative estimate of drug-likeness (QED) is 0.836. The lowest BCUT2D eigenvalue weighted by atomic mass is 10.2. The maximum absolute atomic E-state index is 12.1. The van der Waals surface area contributed by atoms with Gasteiger partial charge in [-0.1, -0.05) is 0 Å². The van der Waals surface area contributed by atoms with Gasteiger partial charge in [0.25, 0.3) is 5.91 Å². The van der Waals surface area contributed by atoms with Gasteiger partial charge in [-0.25, -0.2) is 0 Å². The summed E-state index contributed by atoms with van der Waals surface area (Å²) >= 11 is 0. The molecule has 1 fully saturated rings. The molecule has 1 atom stereocenters. The molecule has 0 saturated carbocycles. The first-order valence-corrected chi connectivity index (χ1v) is 5.76. The topological polar surface area (TPSA) is 71.9 Å². The normalized spacial score (nSPS) is 19.5. The highest BCUT2D eigenvalue weighted by Crippen LogP contribution is 2.16. The molecule has 1 N–H and O–H groups in total. The van der Waals surface area contributed by atoms with E-state index in [0.717, 1.165) is 0 Å². The van der Waals surface area contributed by atoms with Gasteiger partial charge in [-0.15, -0.1) is 0 Å². The summed E-state index contributed by atoms with van der Waals surface area (Å²) in [5, 5.41) is 9.57. The standard InChI is InChI=1S/C12H16N2O4/c1-14(7-9-8-17-4-5-18-9)12(16)10-2-3-13-6-11(10)15/h2-3,6,9,15H,4-5,7-8H2,1H3. The average Bonchev–Trinajstić information content (AvgIpc) is 2.39. The van der Waals surface area contributed by atoms with E-state index in [1.807, 2.05) is 0 Å². The molecule has 1 unspecified atom stereocenters. The Labute approximate surface area is 105 Å². The fourth-order valence-corrected chi connectivity index (χ4v) is 1.80. The Balaban J connectivity index is 1.98. The fourth-order valence-electron chi connectivity index (χ4n) is 1.80. The molecule has 0 bridgehead atoms. The molecular formula is C12H16N2O4. The number of aromatic hydroxyl groups is 1. The van der Waals surface area contributed by atoms with Gasteiger partial charge >= 0.3 is 0 Å². The van der Waals surface area contributed by atoms with Crippen molar-refractivity contribution in [2.75, 3.05) is 33.4 Å². The number of pyridine rings is 1. The highest BCUT2D eigenvalue weighted by Gasteiger charge is 2.21. The summed E-state index contributed by atoms with van der Waals surface area (Å²) in [6.45, 7) is 2.06. The predicted octanol–water partition coefficient (Wildman–Crippen LogP) is 0.275. The SMILES string of the molecule is CN(CC1COCCO1)C(=O)c1ccncc1O. The van der Waals surface area contributed by atoms with Crippen molar-refractivity contribution in [3.63, 3.8) is 0 Å². The fraction of sp³-hybridized carbons (Fsp3) is 0.500. The van der Waals surface area contributed by atoms with E-state index in [4.69, 9.17) is 9.47 Å². The molecule has 1 aromatic rings. The zero-order chi connectivity index (χ0) is 13.0. The van der Waals surface area contributed by atoms with E-state index in [1.54, 1.807) is 7.05 Å². The highest BCUT2D eigenvalue weighted by molar-refractivity contribution is 5.96. The maximum atomic E-state index is 12.1. The van der Waals surface area contributed by atoms with E-state index in [-0.39, 0.29) is 23.3 Å². The number of hydrogen-bond donors (Lipinski definition) is 1. The minimum atomic E-state index is -0.260. The number of hydrogen-bond acceptors (Lipinski definition) is 5. The zero-order valence-corrected chi connectivity index (χ0v) is 10.2. The highest BCUT2D eigenvalue weighted by atomic mass is 16.6. The summed E-state index contributed by atoms with van der Waals surface area (Å²) in [7, 11) is 1.67. The number of aromatic nitrogens is 1. The van der Waals surface area contributed by atoms with Crippen LogP contribution in [-0.4, -0.2) is 60.4 Å². The van der Waals surface area contributed by atoms with Crippen molar-refractivity contribution in [1.82, 2.24) is 9.88 Å². The van der Waals surface area contributed by atoms with Gasteiger partial charge < -0.3 is 19.5 Å². The Bertz CT molecular complexity index is 418. The van der Waals surface area contributed by atoms with Crippen LogP contribution in [0.5, 0.6) is 5.75 Å². The number of amides is 1. The van der Waals surface area contributed by atoms with Crippen molar-refractivity contribution < 1.29 is 19.4 Å². The molecule has 18 heavy (non-hydrogen) atoms. The number of likely N-dealkylation sites (N-methyl/N-ethyl adjacent to an activating group) is 1. The summed E-state index contributed by atoms with van der Waals surface area (Å²) in [4.78, 5) is 17.3. The van der Waals surface area contributed by atoms with Gasteiger partial charge in [0.15, 0.2) is 0 Å². The van der Waals surface area contributed by atoms with Crippen LogP contribution in [0.4, 0.5) is 0 Å². The minimum absolute atomic E-state index is 0.114. The monoisotopic (exact) mass is 252 g/mol. The number of carbonyl (C=O) groups excluding carboxylic acids is 1. The molecule has 1 aliphatic rings. The molecule has 1 aliphatic heterocycles. The minimum Gasteiger partial charge on any atom is -0.505 e. The van der Waals surface area contributed by atoms with E-state index >= 15 is 0 Å². The summed E-state index contributed by atoms with van der Waals surface area (Å²) in [5.41, 5.74) is 0.240. The van der Waals surface area contributed by atoms with Crippen LogP contribution in [0.15, 0.2) is 18.5 Å². The van der Waals surface area contributed by atoms with Crippen molar-refractivity contribution in [2.45, 2.75) is 6.10 Å². The molecule has 1 aromatic heterocycles. The molecular weight excluding hydrogens is 236 g/mol. The molecule has 6 nitrogen and oxygen atoms in total. The summed E-state index contributed by atoms with van der Waals surface area (Å²) in [5.74, 6) is -0.376. The number of ether oxygens (including phenoxy) is 2. The smallest absolute Gasteiger partial charge is 0.257 e. The first-order chi connectivity index (χ1) is 8.68. The number of nitrogens with zero attached hydrogens (tertiary/aromatic N) is 2. The van der Waals surface area contributed by atoms with Crippen molar-refractivity contribution in [3.05, 3.63) is 24.0 Å². The van der Waals surface area contributed by atoms with Gasteiger partial charge in [-0.2, -0.15) is 0 Å². The van der Waals surface area contributed by atoms with E-state index in [9.17, 15) is 9.90 Å². The second-order valence-corrected chi connectivity index (χ2v) is 4.15. The summed E-state index contributed by atoms with van der Waals surface area (Å²) in [6, 6.07) is 1.49. The van der Waals surface area contributed by atoms with Gasteiger partial charge in [0.05, 0.1) is 37.7 Å². The molecule has 2 heterocycles. The first-order valence-electron chi connectivity index (χ1n) is 5.76. The van der Waals surface area contributed by atoms with Crippen molar-refractivity contribution in [1.29, 1.82) is 0 Å². The molecule has 0 spiro atoms. The Morgan fingerprint density at radius 2 is 2.44 bits per heavy atom. The molecule has 1 amide bonds. The van der Waals surface area contributed by atoms with Crippen molar-refractivity contribution in [2.24, 2.45) is 0 Å². The molecule has 6 heteroatoms. The second-order valence-electron chi connectivity index (χ2n) is 4.15. The Morgan fingerprint density at radius 1 is 1.61 bits per heavy atom. The average molecular weight is 252 g/mol. The lowest BCUT2D eigenvalue weighted by Gasteiger charge is -2.27. The van der Waals surface area contributed by atoms with Crippen molar-refractivity contribution in [3.8, 4) is 5.75 Å². The Hall–Kier alpha value is -1.66. The molecule has 0 aliphatic carbocycles. The van der Waals surface area contributed by atoms with E-state index in [2.05, 4.69) is 4.98 Å². The maximum Gasteiger partial charge on any atom is 0.257 e. The number of carbonyl (C=O) groups is 1. The second kappa shape index (κ2) is 5.79. The summed E-state index contributed by atoms with van der Waals surface area (Å²) in [6.07, 6.45) is 2.61. The van der Waals surface area contributed by atoms with Gasteiger partial charge in [0.1, 0.15) is 5.75 Å². The van der Waals surface area contributed by atoms with Gasteiger partial charge in [-0.05, 0) is 6.07 Å². The van der Waals surface area contributed by atoms with Gasteiger partial charge in [0, 0.05) is 19.8 Å². The Morgan fingerprint density at radius 3 is 3.11 bits per heavy atom. The van der Waals surface area contributed by atoms with Gasteiger partial charge in [-0.3, -0.25) is 9.78 Å². The molecule has 1 saturated heterocycles. The predicted molar refractivity (Wildman–Crippen MR) is 63.4 cm³/mol. The van der Waals surface area contributed by atoms with Crippen LogP contribution in [0.2, 0.25) is 0 Å². The van der Waals surface area contributed by atoms with E-state index < -0.39 is 0 Å². The molecule has 2 rings (SSSR count). The third kappa shape index (κ3) is 2.96. The van der Waals surface area contributed by atoms with E-state index in [1.165, 1.54) is 23.4 Å². The van der Waals surface area contributed by atoms with Crippen LogP contribution in [0, 0.1) is 0 Å². The van der Waals surface area contributed by atoms with Crippen LogP contribution in [0.25, 0.3) is 0 Å². The molecule has 0 aromatic carbocycles.